The third kappa shape index (κ3) is 5.23. The number of likely N-dealkylation sites (tertiary alicyclic amines) is 1. The Balaban J connectivity index is 2.20. The Labute approximate surface area is 221 Å². The Morgan fingerprint density at radius 2 is 2.03 bits per heavy atom. The molecule has 0 bridgehead atoms. The molecular formula is C23H32F3N5O4. The molecule has 2 saturated heterocycles. The highest BCUT2D eigenvalue weighted by Gasteiger charge is 2.70. The highest BCUT2D eigenvalue weighted by Crippen LogP contribution is 2.65. The molecule has 35 heavy (non-hydrogen) atoms. The van der Waals surface area contributed by atoms with Crippen molar-refractivity contribution in [1.82, 2.24) is 20.9 Å². The van der Waals surface area contributed by atoms with Gasteiger partial charge in [-0.2, -0.15) is 18.4 Å². The number of piperidine rings is 1. The summed E-state index contributed by atoms with van der Waals surface area (Å²) in [6.07, 6.45) is -8.04. The number of nitrogens with zero attached hydrogens (tertiary/aromatic N) is 2. The molecule has 0 spiro atoms. The van der Waals surface area contributed by atoms with Gasteiger partial charge in [-0.05, 0) is 35.5 Å². The Morgan fingerprint density at radius 1 is 1.37 bits per heavy atom. The molecule has 0 radical (unpaired) electrons. The fourth-order valence-electron chi connectivity index (χ4n) is 4.36. The van der Waals surface area contributed by atoms with E-state index in [0.717, 1.165) is 5.32 Å². The number of amides is 4. The molecule has 0 aromatic heterocycles. The highest BCUT2D eigenvalue weighted by atomic mass is 19.4. The molecule has 0 aromatic rings. The number of halogens is 3. The van der Waals surface area contributed by atoms with Gasteiger partial charge < -0.3 is 20.9 Å². The minimum absolute atomic E-state index is 0.0807. The quantitative estimate of drug-likeness (QED) is 0.490. The van der Waals surface area contributed by atoms with Crippen molar-refractivity contribution in [1.29, 1.82) is 5.26 Å². The van der Waals surface area contributed by atoms with E-state index in [0.29, 0.717) is 0 Å². The number of alkyl halides is 3. The van der Waals surface area contributed by atoms with E-state index >= 15 is 0 Å². The summed E-state index contributed by atoms with van der Waals surface area (Å²) in [5.74, 6) is -13.1. The fraction of sp³-hybridized carbons (Fsp3) is 0.783. The topological polar surface area (TPSA) is 131 Å². The fourth-order valence-corrected chi connectivity index (χ4v) is 4.36. The van der Waals surface area contributed by atoms with Gasteiger partial charge in [-0.1, -0.05) is 34.4 Å². The number of nitrogens with one attached hydrogen (secondary N) is 3. The molecular weight excluding hydrogens is 467 g/mol. The zero-order valence-corrected chi connectivity index (χ0v) is 18.5. The molecule has 3 N–H and O–H groups in total. The lowest BCUT2D eigenvalue weighted by Gasteiger charge is -2.37. The third-order valence-corrected chi connectivity index (χ3v) is 6.34. The van der Waals surface area contributed by atoms with E-state index in [1.165, 1.54) is 19.9 Å². The number of hydrogen-bond donors (Lipinski definition) is 3. The van der Waals surface area contributed by atoms with Gasteiger partial charge in [0.1, 0.15) is 18.1 Å². The lowest BCUT2D eigenvalue weighted by atomic mass is 9.85. The number of carbonyl (C=O) groups excluding carboxylic acids is 4. The van der Waals surface area contributed by atoms with Gasteiger partial charge in [0.2, 0.25) is 17.7 Å². The van der Waals surface area contributed by atoms with E-state index in [9.17, 15) is 39.0 Å². The number of rotatable bonds is 6. The van der Waals surface area contributed by atoms with Crippen LogP contribution in [0, 0.1) is 39.9 Å². The predicted octanol–water partition coefficient (Wildman–Crippen LogP) is 1.10. The molecule has 3 fully saturated rings. The van der Waals surface area contributed by atoms with Crippen LogP contribution in [0.4, 0.5) is 13.2 Å². The van der Waals surface area contributed by atoms with Gasteiger partial charge in [0, 0.05) is 35.4 Å². The molecule has 3 rings (SSSR count). The molecule has 3 aliphatic rings. The molecule has 2 heterocycles. The van der Waals surface area contributed by atoms with Crippen molar-refractivity contribution in [2.75, 3.05) is 13.0 Å². The Hall–Kier alpha value is -2.84. The summed E-state index contributed by atoms with van der Waals surface area (Å²) in [7, 11) is 0. The Morgan fingerprint density at radius 3 is 2.54 bits per heavy atom. The van der Waals surface area contributed by atoms with Crippen LogP contribution in [0.5, 0.6) is 0 Å². The summed E-state index contributed by atoms with van der Waals surface area (Å²) in [5.41, 5.74) is -5.52. The van der Waals surface area contributed by atoms with Crippen molar-refractivity contribution >= 4 is 23.6 Å². The lowest BCUT2D eigenvalue weighted by molar-refractivity contribution is -0.176. The summed E-state index contributed by atoms with van der Waals surface area (Å²) in [6.45, 7) is -13.4. The first-order chi connectivity index (χ1) is 21.5. The number of nitriles is 1. The Bertz CT molecular complexity index is 1440. The van der Waals surface area contributed by atoms with Crippen LogP contribution in [-0.4, -0.2) is 65.8 Å². The van der Waals surface area contributed by atoms with Crippen molar-refractivity contribution in [3.63, 3.8) is 0 Å². The molecule has 1 aliphatic carbocycles. The van der Waals surface area contributed by atoms with Crippen molar-refractivity contribution in [2.24, 2.45) is 28.6 Å². The molecule has 12 heteroatoms. The van der Waals surface area contributed by atoms with Crippen LogP contribution in [0.1, 0.15) is 66.4 Å². The predicted molar refractivity (Wildman–Crippen MR) is 117 cm³/mol. The van der Waals surface area contributed by atoms with Gasteiger partial charge in [0.05, 0.1) is 8.81 Å². The number of carbonyl (C=O) groups is 4. The highest BCUT2D eigenvalue weighted by molar-refractivity contribution is 5.95. The second kappa shape index (κ2) is 8.99. The van der Waals surface area contributed by atoms with E-state index in [-0.39, 0.29) is 4.90 Å². The van der Waals surface area contributed by atoms with E-state index in [2.05, 4.69) is 0 Å². The van der Waals surface area contributed by atoms with Crippen LogP contribution in [0.3, 0.4) is 0 Å². The standard InChI is InChI=1S/C23H32F3N5O4/c1-21(2,3)16(30-20(35)23(24,25)26)19(34)31-10-13-14(22(13,4)5)15(31)18(33)29-12(9-27)8-11-6-7-28-17(11)32/h11-16H,6-8,10H2,1-5H3,(H,28,32)(H,29,33)(H,30,35)/t11-,12-,13-,14-,15-,16?/m0/s1/i1D3,2D3,3D3,7D2,11D,12D,15D. The zero-order chi connectivity index (χ0) is 38.6. The van der Waals surface area contributed by atoms with Crippen LogP contribution < -0.4 is 16.0 Å². The van der Waals surface area contributed by atoms with Gasteiger partial charge in [-0.3, -0.25) is 19.2 Å². The zero-order valence-electron chi connectivity index (χ0n) is 32.5. The smallest absolute Gasteiger partial charge is 0.356 e. The minimum atomic E-state index is -5.93. The maximum absolute atomic E-state index is 14.2. The monoisotopic (exact) mass is 513 g/mol. The van der Waals surface area contributed by atoms with E-state index < -0.39 is 123 Å². The molecule has 9 nitrogen and oxygen atoms in total. The van der Waals surface area contributed by atoms with E-state index in [4.69, 9.17) is 17.8 Å². The second-order valence-electron chi connectivity index (χ2n) is 9.08. The van der Waals surface area contributed by atoms with Crippen LogP contribution in [0.15, 0.2) is 0 Å². The number of hydrogen-bond acceptors (Lipinski definition) is 5. The first-order valence-electron chi connectivity index (χ1n) is 17.3. The molecule has 0 aromatic carbocycles. The summed E-state index contributed by atoms with van der Waals surface area (Å²) in [4.78, 5) is 52.8. The maximum atomic E-state index is 14.2. The lowest BCUT2D eigenvalue weighted by Crippen LogP contribution is -2.61. The van der Waals surface area contributed by atoms with E-state index in [1.807, 2.05) is 5.32 Å². The van der Waals surface area contributed by atoms with Gasteiger partial charge in [-0.25, -0.2) is 0 Å². The minimum Gasteiger partial charge on any atom is -0.356 e. The summed E-state index contributed by atoms with van der Waals surface area (Å²) >= 11 is 0. The van der Waals surface area contributed by atoms with Crippen LogP contribution in [0.25, 0.3) is 0 Å². The van der Waals surface area contributed by atoms with Crippen molar-refractivity contribution < 1.29 is 51.5 Å². The summed E-state index contributed by atoms with van der Waals surface area (Å²) in [6, 6.07) is -8.44. The van der Waals surface area contributed by atoms with Crippen LogP contribution >= 0.6 is 0 Å². The van der Waals surface area contributed by atoms with Crippen molar-refractivity contribution in [3.05, 3.63) is 0 Å². The molecule has 1 saturated carbocycles. The van der Waals surface area contributed by atoms with Crippen LogP contribution in [-0.2, 0) is 19.2 Å². The maximum Gasteiger partial charge on any atom is 0.471 e. The molecule has 2 aliphatic heterocycles. The van der Waals surface area contributed by atoms with Gasteiger partial charge in [0.25, 0.3) is 0 Å². The molecule has 194 valence electrons. The van der Waals surface area contributed by atoms with Crippen molar-refractivity contribution in [2.45, 2.75) is 71.5 Å². The first-order valence-corrected chi connectivity index (χ1v) is 10.3. The first kappa shape index (κ1) is 13.5. The summed E-state index contributed by atoms with van der Waals surface area (Å²) < 4.78 is 153. The average molecular weight is 514 g/mol. The molecule has 4 amide bonds. The summed E-state index contributed by atoms with van der Waals surface area (Å²) in [5, 5.41) is 14.3. The molecule has 1 unspecified atom stereocenters. The van der Waals surface area contributed by atoms with Gasteiger partial charge in [0.15, 0.2) is 0 Å². The van der Waals surface area contributed by atoms with Gasteiger partial charge >= 0.3 is 12.1 Å². The average Bonchev–Trinajstić information content (AvgIpc) is 3.11. The SMILES string of the molecule is [2H]C1([2H])C[C@@]([2H])(C[C@@]([2H])(C#N)NC(=O)[C@]2([2H])[C@@H]3[C@H](CN2C(=O)C(NC(=O)C(F)(F)F)C(C([2H])([2H])[2H])(C([2H])([2H])[2H])C([2H])([2H])[2H])C3(C)C)C(=O)N1. The number of fused-ring (bicyclic) bond motifs is 1. The Kier molecular flexibility index (Phi) is 3.46. The largest absolute Gasteiger partial charge is 0.471 e. The van der Waals surface area contributed by atoms with Gasteiger partial charge in [-0.15, -0.1) is 0 Å². The molecule has 6 atom stereocenters. The second-order valence-corrected chi connectivity index (χ2v) is 9.08. The van der Waals surface area contributed by atoms with Crippen molar-refractivity contribution in [3.8, 4) is 6.07 Å². The van der Waals surface area contributed by atoms with E-state index in [1.54, 1.807) is 5.32 Å². The van der Waals surface area contributed by atoms with Crippen LogP contribution in [0.2, 0.25) is 0 Å². The normalized spacial score (nSPS) is 42.4. The third-order valence-electron chi connectivity index (χ3n) is 6.34.